The Morgan fingerprint density at radius 2 is 1.85 bits per heavy atom. The van der Waals surface area contributed by atoms with Gasteiger partial charge in [0, 0.05) is 32.0 Å². The summed E-state index contributed by atoms with van der Waals surface area (Å²) in [6.07, 6.45) is 3.70. The zero-order valence-electron chi connectivity index (χ0n) is 14.4. The number of carbonyl (C=O) groups excluding carboxylic acids is 1. The Morgan fingerprint density at radius 1 is 1.04 bits per heavy atom. The molecule has 4 aromatic rings. The van der Waals surface area contributed by atoms with Gasteiger partial charge in [-0.25, -0.2) is 9.07 Å². The summed E-state index contributed by atoms with van der Waals surface area (Å²) in [5.41, 5.74) is 3.06. The topological polar surface area (TPSA) is 42.5 Å². The van der Waals surface area contributed by atoms with Gasteiger partial charge in [-0.1, -0.05) is 18.2 Å². The summed E-state index contributed by atoms with van der Waals surface area (Å²) in [5, 5.41) is 4.39. The maximum Gasteiger partial charge on any atom is 0.273 e. The molecule has 0 bridgehead atoms. The monoisotopic (exact) mass is 348 g/mol. The van der Waals surface area contributed by atoms with E-state index in [2.05, 4.69) is 5.10 Å². The first kappa shape index (κ1) is 16.1. The van der Waals surface area contributed by atoms with E-state index in [4.69, 9.17) is 0 Å². The van der Waals surface area contributed by atoms with Gasteiger partial charge in [-0.3, -0.25) is 4.79 Å². The number of hydrogen-bond donors (Lipinski definition) is 0. The minimum atomic E-state index is -0.269. The molecule has 3 heterocycles. The molecule has 5 nitrogen and oxygen atoms in total. The highest BCUT2D eigenvalue weighted by atomic mass is 19.1. The summed E-state index contributed by atoms with van der Waals surface area (Å²) in [5.74, 6) is 0.385. The van der Waals surface area contributed by atoms with Crippen LogP contribution in [0.4, 0.5) is 4.39 Å². The number of halogens is 1. The Balaban J connectivity index is 1.79. The first-order chi connectivity index (χ1) is 12.5. The zero-order chi connectivity index (χ0) is 18.3. The smallest absolute Gasteiger partial charge is 0.273 e. The zero-order valence-corrected chi connectivity index (χ0v) is 14.4. The van der Waals surface area contributed by atoms with Gasteiger partial charge >= 0.3 is 0 Å². The number of amides is 1. The Bertz CT molecular complexity index is 1110. The van der Waals surface area contributed by atoms with Gasteiger partial charge in [0.1, 0.15) is 11.6 Å². The molecule has 6 heteroatoms. The summed E-state index contributed by atoms with van der Waals surface area (Å²) < 4.78 is 17.2. The number of rotatable bonds is 3. The molecule has 0 aliphatic rings. The predicted molar refractivity (Wildman–Crippen MR) is 97.9 cm³/mol. The molecule has 0 atom stereocenters. The van der Waals surface area contributed by atoms with Crippen molar-refractivity contribution in [2.75, 3.05) is 14.1 Å². The van der Waals surface area contributed by atoms with Gasteiger partial charge < -0.3 is 9.30 Å². The lowest BCUT2D eigenvalue weighted by Crippen LogP contribution is -2.22. The number of benzene rings is 1. The third kappa shape index (κ3) is 2.75. The van der Waals surface area contributed by atoms with Crippen LogP contribution < -0.4 is 0 Å². The number of carbonyl (C=O) groups is 1. The van der Waals surface area contributed by atoms with Crippen molar-refractivity contribution in [2.45, 2.75) is 0 Å². The van der Waals surface area contributed by atoms with Gasteiger partial charge in [0.25, 0.3) is 5.91 Å². The molecule has 0 spiro atoms. The normalized spacial score (nSPS) is 11.0. The summed E-state index contributed by atoms with van der Waals surface area (Å²) in [4.78, 5) is 13.6. The van der Waals surface area contributed by atoms with Gasteiger partial charge in [-0.2, -0.15) is 5.10 Å². The van der Waals surface area contributed by atoms with Crippen molar-refractivity contribution >= 4 is 11.4 Å². The lowest BCUT2D eigenvalue weighted by atomic mass is 10.1. The van der Waals surface area contributed by atoms with Crippen molar-refractivity contribution in [3.05, 3.63) is 78.5 Å². The first-order valence-electron chi connectivity index (χ1n) is 8.18. The molecule has 130 valence electrons. The Morgan fingerprint density at radius 3 is 2.62 bits per heavy atom. The van der Waals surface area contributed by atoms with Crippen LogP contribution in [0.5, 0.6) is 0 Å². The van der Waals surface area contributed by atoms with Crippen molar-refractivity contribution in [2.24, 2.45) is 0 Å². The van der Waals surface area contributed by atoms with Crippen molar-refractivity contribution in [3.8, 4) is 16.9 Å². The van der Waals surface area contributed by atoms with E-state index in [1.165, 1.54) is 17.0 Å². The fourth-order valence-corrected chi connectivity index (χ4v) is 2.91. The van der Waals surface area contributed by atoms with Crippen LogP contribution in [-0.2, 0) is 0 Å². The van der Waals surface area contributed by atoms with Gasteiger partial charge in [0.2, 0.25) is 0 Å². The molecule has 0 unspecified atom stereocenters. The summed E-state index contributed by atoms with van der Waals surface area (Å²) in [6.45, 7) is 0. The fraction of sp³-hybridized carbons (Fsp3) is 0.100. The molecule has 1 amide bonds. The Kier molecular flexibility index (Phi) is 3.80. The van der Waals surface area contributed by atoms with Gasteiger partial charge in [0.05, 0.1) is 0 Å². The second-order valence-electron chi connectivity index (χ2n) is 6.26. The second-order valence-corrected chi connectivity index (χ2v) is 6.26. The summed E-state index contributed by atoms with van der Waals surface area (Å²) in [7, 11) is 3.39. The number of hydrogen-bond acceptors (Lipinski definition) is 2. The number of nitrogens with zero attached hydrogens (tertiary/aromatic N) is 4. The highest BCUT2D eigenvalue weighted by molar-refractivity contribution is 5.91. The number of fused-ring (bicyclic) bond motifs is 1. The van der Waals surface area contributed by atoms with E-state index >= 15 is 0 Å². The van der Waals surface area contributed by atoms with Crippen molar-refractivity contribution < 1.29 is 9.18 Å². The van der Waals surface area contributed by atoms with Crippen LogP contribution in [0.2, 0.25) is 0 Å². The van der Waals surface area contributed by atoms with Gasteiger partial charge in [0.15, 0.2) is 5.69 Å². The molecule has 0 saturated carbocycles. The predicted octanol–water partition coefficient (Wildman–Crippen LogP) is 3.63. The van der Waals surface area contributed by atoms with Crippen LogP contribution in [0.3, 0.4) is 0 Å². The van der Waals surface area contributed by atoms with E-state index in [9.17, 15) is 9.18 Å². The largest absolute Gasteiger partial charge is 0.343 e. The quantitative estimate of drug-likeness (QED) is 0.567. The molecule has 0 radical (unpaired) electrons. The van der Waals surface area contributed by atoms with Crippen molar-refractivity contribution in [1.82, 2.24) is 19.1 Å². The minimum Gasteiger partial charge on any atom is -0.343 e. The van der Waals surface area contributed by atoms with Crippen LogP contribution in [0, 0.1) is 5.82 Å². The summed E-state index contributed by atoms with van der Waals surface area (Å²) >= 11 is 0. The van der Waals surface area contributed by atoms with Crippen molar-refractivity contribution in [1.29, 1.82) is 0 Å². The molecule has 0 fully saturated rings. The van der Waals surface area contributed by atoms with E-state index in [0.29, 0.717) is 5.69 Å². The lowest BCUT2D eigenvalue weighted by molar-refractivity contribution is 0.0821. The second kappa shape index (κ2) is 6.15. The van der Waals surface area contributed by atoms with Crippen molar-refractivity contribution in [3.63, 3.8) is 0 Å². The van der Waals surface area contributed by atoms with E-state index in [1.807, 2.05) is 40.9 Å². The third-order valence-corrected chi connectivity index (χ3v) is 4.24. The van der Waals surface area contributed by atoms with Gasteiger partial charge in [-0.05, 0) is 47.5 Å². The van der Waals surface area contributed by atoms with Gasteiger partial charge in [-0.15, -0.1) is 0 Å². The maximum atomic E-state index is 13.5. The molecule has 0 saturated heterocycles. The lowest BCUT2D eigenvalue weighted by Gasteiger charge is -2.08. The SMILES string of the molecule is CN(C)C(=O)c1ccn(-c2ccc3ccc(-c4cccc(F)c4)cn23)n1. The van der Waals surface area contributed by atoms with E-state index in [0.717, 1.165) is 22.5 Å². The number of pyridine rings is 1. The average molecular weight is 348 g/mol. The van der Waals surface area contributed by atoms with E-state index in [-0.39, 0.29) is 11.7 Å². The molecule has 3 aromatic heterocycles. The molecule has 1 aromatic carbocycles. The molecule has 4 rings (SSSR count). The molecular formula is C20H17FN4O. The molecule has 0 N–H and O–H groups in total. The highest BCUT2D eigenvalue weighted by Gasteiger charge is 2.13. The van der Waals surface area contributed by atoms with E-state index in [1.54, 1.807) is 37.1 Å². The number of aromatic nitrogens is 3. The average Bonchev–Trinajstić information content (AvgIpc) is 3.27. The Hall–Kier alpha value is -3.41. The standard InChI is InChI=1S/C20H17FN4O/c1-23(2)20(26)18-10-11-25(22-18)19-9-8-17-7-6-15(13-24(17)19)14-4-3-5-16(21)12-14/h3-13H,1-2H3. The van der Waals surface area contributed by atoms with Crippen LogP contribution in [0.25, 0.3) is 22.5 Å². The highest BCUT2D eigenvalue weighted by Crippen LogP contribution is 2.23. The summed E-state index contributed by atoms with van der Waals surface area (Å²) in [6, 6.07) is 16.0. The fourth-order valence-electron chi connectivity index (χ4n) is 2.91. The van der Waals surface area contributed by atoms with Crippen LogP contribution in [-0.4, -0.2) is 39.1 Å². The maximum absolute atomic E-state index is 13.5. The molecule has 26 heavy (non-hydrogen) atoms. The molecular weight excluding hydrogens is 331 g/mol. The van der Waals surface area contributed by atoms with E-state index < -0.39 is 0 Å². The minimum absolute atomic E-state index is 0.148. The third-order valence-electron chi connectivity index (χ3n) is 4.24. The first-order valence-corrected chi connectivity index (χ1v) is 8.18. The Labute approximate surface area is 149 Å². The van der Waals surface area contributed by atoms with Crippen LogP contribution in [0.15, 0.2) is 67.0 Å². The molecule has 0 aliphatic heterocycles. The molecule has 0 aliphatic carbocycles. The van der Waals surface area contributed by atoms with Crippen LogP contribution in [0.1, 0.15) is 10.5 Å². The van der Waals surface area contributed by atoms with Crippen LogP contribution >= 0.6 is 0 Å².